The molecule has 0 N–H and O–H groups in total. The molecule has 2 aromatic rings. The number of para-hydroxylation sites is 1. The van der Waals surface area contributed by atoms with Crippen molar-refractivity contribution in [3.63, 3.8) is 0 Å². The molecule has 24 heavy (non-hydrogen) atoms. The van der Waals surface area contributed by atoms with Crippen LogP contribution < -0.4 is 0 Å². The normalized spacial score (nSPS) is 15.5. The van der Waals surface area contributed by atoms with E-state index in [4.69, 9.17) is 0 Å². The van der Waals surface area contributed by atoms with E-state index in [1.165, 1.54) is 19.3 Å². The van der Waals surface area contributed by atoms with Gasteiger partial charge in [-0.05, 0) is 30.7 Å². The van der Waals surface area contributed by atoms with Crippen molar-refractivity contribution in [2.24, 2.45) is 0 Å². The van der Waals surface area contributed by atoms with Gasteiger partial charge in [0.2, 0.25) is 0 Å². The van der Waals surface area contributed by atoms with E-state index in [1.54, 1.807) is 12.4 Å². The summed E-state index contributed by atoms with van der Waals surface area (Å²) in [6.07, 6.45) is 9.33. The van der Waals surface area contributed by atoms with E-state index in [-0.39, 0.29) is 5.91 Å². The fraction of sp³-hybridized carbons (Fsp3) is 0.526. The first kappa shape index (κ1) is 17.2. The van der Waals surface area contributed by atoms with Crippen LogP contribution >= 0.6 is 11.8 Å². The highest BCUT2D eigenvalue weighted by atomic mass is 32.2. The van der Waals surface area contributed by atoms with Gasteiger partial charge in [0.15, 0.2) is 0 Å². The van der Waals surface area contributed by atoms with E-state index < -0.39 is 0 Å². The van der Waals surface area contributed by atoms with Crippen molar-refractivity contribution in [1.82, 2.24) is 14.9 Å². The molecule has 0 unspecified atom stereocenters. The number of rotatable bonds is 6. The zero-order valence-corrected chi connectivity index (χ0v) is 15.1. The Morgan fingerprint density at radius 3 is 2.79 bits per heavy atom. The van der Waals surface area contributed by atoms with Crippen LogP contribution in [-0.4, -0.2) is 44.9 Å². The average Bonchev–Trinajstić information content (AvgIpc) is 2.65. The van der Waals surface area contributed by atoms with Gasteiger partial charge in [-0.3, -0.25) is 14.8 Å². The molecule has 1 amide bonds. The summed E-state index contributed by atoms with van der Waals surface area (Å²) in [6, 6.07) is 6.08. The molecule has 1 aliphatic carbocycles. The summed E-state index contributed by atoms with van der Waals surface area (Å²) in [7, 11) is 0. The van der Waals surface area contributed by atoms with Crippen molar-refractivity contribution in [3.8, 4) is 0 Å². The van der Waals surface area contributed by atoms with E-state index in [0.29, 0.717) is 17.1 Å². The van der Waals surface area contributed by atoms with Gasteiger partial charge < -0.3 is 4.90 Å². The van der Waals surface area contributed by atoms with Gasteiger partial charge in [0.25, 0.3) is 5.91 Å². The largest absolute Gasteiger partial charge is 0.335 e. The number of hydrogen-bond acceptors (Lipinski definition) is 4. The Morgan fingerprint density at radius 1 is 1.21 bits per heavy atom. The van der Waals surface area contributed by atoms with Crippen molar-refractivity contribution in [3.05, 3.63) is 36.2 Å². The molecule has 1 fully saturated rings. The highest BCUT2D eigenvalue weighted by Gasteiger charge is 2.27. The van der Waals surface area contributed by atoms with Crippen molar-refractivity contribution in [1.29, 1.82) is 0 Å². The highest BCUT2D eigenvalue weighted by Crippen LogP contribution is 2.26. The smallest absolute Gasteiger partial charge is 0.256 e. The SMILES string of the molecule is CCSCCN(C(=O)c1cccc2nccnc12)C1CCCCC1. The predicted octanol–water partition coefficient (Wildman–Crippen LogP) is 4.16. The Hall–Kier alpha value is -1.62. The fourth-order valence-electron chi connectivity index (χ4n) is 3.47. The van der Waals surface area contributed by atoms with Crippen LogP contribution in [0.3, 0.4) is 0 Å². The van der Waals surface area contributed by atoms with Gasteiger partial charge in [0.05, 0.1) is 11.1 Å². The Balaban J connectivity index is 1.88. The van der Waals surface area contributed by atoms with Gasteiger partial charge in [0.1, 0.15) is 5.52 Å². The molecule has 0 spiro atoms. The molecule has 4 nitrogen and oxygen atoms in total. The van der Waals surface area contributed by atoms with Gasteiger partial charge in [-0.1, -0.05) is 32.3 Å². The van der Waals surface area contributed by atoms with Crippen molar-refractivity contribution < 1.29 is 4.79 Å². The molecule has 0 atom stereocenters. The number of carbonyl (C=O) groups is 1. The summed E-state index contributed by atoms with van der Waals surface area (Å²) >= 11 is 1.89. The second-order valence-electron chi connectivity index (χ2n) is 6.22. The predicted molar refractivity (Wildman–Crippen MR) is 100 cm³/mol. The van der Waals surface area contributed by atoms with Crippen LogP contribution in [0.5, 0.6) is 0 Å². The van der Waals surface area contributed by atoms with E-state index in [0.717, 1.165) is 36.4 Å². The molecule has 0 aliphatic heterocycles. The van der Waals surface area contributed by atoms with E-state index in [1.807, 2.05) is 30.0 Å². The summed E-state index contributed by atoms with van der Waals surface area (Å²) in [4.78, 5) is 24.1. The number of nitrogens with zero attached hydrogens (tertiary/aromatic N) is 3. The Morgan fingerprint density at radius 2 is 2.00 bits per heavy atom. The van der Waals surface area contributed by atoms with Crippen LogP contribution in [0.2, 0.25) is 0 Å². The summed E-state index contributed by atoms with van der Waals surface area (Å²) in [6.45, 7) is 2.98. The Bertz CT molecular complexity index is 680. The fourth-order valence-corrected chi connectivity index (χ4v) is 4.08. The van der Waals surface area contributed by atoms with Gasteiger partial charge >= 0.3 is 0 Å². The molecule has 128 valence electrons. The topological polar surface area (TPSA) is 46.1 Å². The van der Waals surface area contributed by atoms with E-state index >= 15 is 0 Å². The van der Waals surface area contributed by atoms with Crippen LogP contribution in [0.1, 0.15) is 49.4 Å². The summed E-state index contributed by atoms with van der Waals surface area (Å²) in [5, 5.41) is 0. The molecule has 1 saturated carbocycles. The number of amides is 1. The quantitative estimate of drug-likeness (QED) is 0.739. The van der Waals surface area contributed by atoms with Crippen LogP contribution in [0, 0.1) is 0 Å². The number of hydrogen-bond donors (Lipinski definition) is 0. The first-order chi connectivity index (χ1) is 11.8. The minimum Gasteiger partial charge on any atom is -0.335 e. The number of carbonyl (C=O) groups excluding carboxylic acids is 1. The monoisotopic (exact) mass is 343 g/mol. The van der Waals surface area contributed by atoms with Gasteiger partial charge in [-0.2, -0.15) is 11.8 Å². The minimum atomic E-state index is 0.115. The second kappa shape index (κ2) is 8.47. The lowest BCUT2D eigenvalue weighted by atomic mass is 9.93. The van der Waals surface area contributed by atoms with E-state index in [9.17, 15) is 4.79 Å². The minimum absolute atomic E-state index is 0.115. The van der Waals surface area contributed by atoms with Gasteiger partial charge in [0, 0.05) is 30.7 Å². The number of aromatic nitrogens is 2. The van der Waals surface area contributed by atoms with Crippen LogP contribution in [-0.2, 0) is 0 Å². The molecule has 1 aliphatic rings. The third kappa shape index (κ3) is 3.89. The lowest BCUT2D eigenvalue weighted by Crippen LogP contribution is -2.43. The molecule has 3 rings (SSSR count). The average molecular weight is 343 g/mol. The molecule has 0 bridgehead atoms. The zero-order valence-electron chi connectivity index (χ0n) is 14.3. The summed E-state index contributed by atoms with van der Waals surface area (Å²) < 4.78 is 0. The van der Waals surface area contributed by atoms with Gasteiger partial charge in [-0.25, -0.2) is 0 Å². The Kier molecular flexibility index (Phi) is 6.07. The molecular formula is C19H25N3OS. The maximum absolute atomic E-state index is 13.3. The van der Waals surface area contributed by atoms with Crippen molar-refractivity contribution >= 4 is 28.7 Å². The third-order valence-electron chi connectivity index (χ3n) is 4.69. The molecule has 1 aromatic heterocycles. The molecule has 1 heterocycles. The molecular weight excluding hydrogens is 318 g/mol. The molecule has 1 aromatic carbocycles. The Labute approximate surface area is 148 Å². The van der Waals surface area contributed by atoms with Crippen LogP contribution in [0.15, 0.2) is 30.6 Å². The lowest BCUT2D eigenvalue weighted by molar-refractivity contribution is 0.0652. The lowest BCUT2D eigenvalue weighted by Gasteiger charge is -2.34. The van der Waals surface area contributed by atoms with Gasteiger partial charge in [-0.15, -0.1) is 0 Å². The summed E-state index contributed by atoms with van der Waals surface area (Å²) in [5.74, 6) is 2.20. The van der Waals surface area contributed by atoms with Crippen molar-refractivity contribution in [2.45, 2.75) is 45.1 Å². The number of benzene rings is 1. The molecule has 5 heteroatoms. The van der Waals surface area contributed by atoms with Crippen LogP contribution in [0.4, 0.5) is 0 Å². The molecule has 0 radical (unpaired) electrons. The van der Waals surface area contributed by atoms with E-state index in [2.05, 4.69) is 21.8 Å². The number of fused-ring (bicyclic) bond motifs is 1. The highest BCUT2D eigenvalue weighted by molar-refractivity contribution is 7.99. The third-order valence-corrected chi connectivity index (χ3v) is 5.57. The van der Waals surface area contributed by atoms with Crippen LogP contribution in [0.25, 0.3) is 11.0 Å². The van der Waals surface area contributed by atoms with Crippen molar-refractivity contribution in [2.75, 3.05) is 18.1 Å². The summed E-state index contributed by atoms with van der Waals surface area (Å²) in [5.41, 5.74) is 2.19. The second-order valence-corrected chi connectivity index (χ2v) is 7.61. The molecule has 0 saturated heterocycles. The first-order valence-electron chi connectivity index (χ1n) is 8.89. The number of thioether (sulfide) groups is 1. The first-order valence-corrected chi connectivity index (χ1v) is 10.0. The standard InChI is InChI=1S/C19H25N3OS/c1-2-24-14-13-22(15-7-4-3-5-8-15)19(23)16-9-6-10-17-18(16)21-12-11-20-17/h6,9-12,15H,2-5,7-8,13-14H2,1H3. The maximum Gasteiger partial charge on any atom is 0.256 e. The maximum atomic E-state index is 13.3. The zero-order chi connectivity index (χ0) is 16.8.